The normalized spacial score (nSPS) is 15.4. The molecule has 0 spiro atoms. The third-order valence-corrected chi connectivity index (χ3v) is 6.01. The van der Waals surface area contributed by atoms with Crippen LogP contribution in [-0.2, 0) is 24.2 Å². The van der Waals surface area contributed by atoms with Gasteiger partial charge in [0.05, 0.1) is 17.1 Å². The second-order valence-corrected chi connectivity index (χ2v) is 8.04. The lowest BCUT2D eigenvalue weighted by Gasteiger charge is -2.34. The minimum atomic E-state index is 0.245. The van der Waals surface area contributed by atoms with E-state index in [0.29, 0.717) is 6.42 Å². The molecular weight excluding hydrogens is 342 g/mol. The van der Waals surface area contributed by atoms with Crippen molar-refractivity contribution >= 4 is 17.2 Å². The molecule has 140 valence electrons. The van der Waals surface area contributed by atoms with Crippen LogP contribution in [0.15, 0.2) is 29.6 Å². The fourth-order valence-electron chi connectivity index (χ4n) is 3.33. The first-order valence-corrected chi connectivity index (χ1v) is 10.5. The van der Waals surface area contributed by atoms with Crippen LogP contribution in [0, 0.1) is 6.92 Å². The second-order valence-electron chi connectivity index (χ2n) is 7.10. The van der Waals surface area contributed by atoms with E-state index in [1.807, 2.05) is 17.0 Å². The second kappa shape index (κ2) is 9.28. The first-order valence-electron chi connectivity index (χ1n) is 9.63. The van der Waals surface area contributed by atoms with Crippen LogP contribution >= 0.6 is 11.3 Å². The fourth-order valence-corrected chi connectivity index (χ4v) is 4.16. The first kappa shape index (κ1) is 19.1. The topological polar surface area (TPSA) is 36.4 Å². The SMILES string of the molecule is CCCCc1nc(CN2CCN(C(=O)Cc3ccccc3C)CC2)cs1. The van der Waals surface area contributed by atoms with Gasteiger partial charge >= 0.3 is 0 Å². The molecule has 3 rings (SSSR count). The van der Waals surface area contributed by atoms with E-state index in [-0.39, 0.29) is 5.91 Å². The maximum atomic E-state index is 12.6. The van der Waals surface area contributed by atoms with E-state index in [1.165, 1.54) is 29.1 Å². The molecule has 0 atom stereocenters. The summed E-state index contributed by atoms with van der Waals surface area (Å²) in [6.45, 7) is 8.69. The maximum absolute atomic E-state index is 12.6. The van der Waals surface area contributed by atoms with Crippen molar-refractivity contribution in [2.45, 2.75) is 46.1 Å². The van der Waals surface area contributed by atoms with Gasteiger partial charge in [-0.3, -0.25) is 9.69 Å². The molecule has 4 nitrogen and oxygen atoms in total. The van der Waals surface area contributed by atoms with Crippen LogP contribution < -0.4 is 0 Å². The number of amides is 1. The summed E-state index contributed by atoms with van der Waals surface area (Å²) in [5, 5.41) is 3.45. The molecule has 1 saturated heterocycles. The highest BCUT2D eigenvalue weighted by Crippen LogP contribution is 2.16. The Balaban J connectivity index is 1.46. The highest BCUT2D eigenvalue weighted by molar-refractivity contribution is 7.09. The van der Waals surface area contributed by atoms with Gasteiger partial charge in [-0.1, -0.05) is 37.6 Å². The molecule has 1 aliphatic heterocycles. The van der Waals surface area contributed by atoms with E-state index in [2.05, 4.69) is 36.3 Å². The van der Waals surface area contributed by atoms with Crippen molar-refractivity contribution in [2.24, 2.45) is 0 Å². The molecule has 2 heterocycles. The van der Waals surface area contributed by atoms with Gasteiger partial charge in [-0.05, 0) is 30.9 Å². The molecule has 0 saturated carbocycles. The number of thiazole rings is 1. The number of rotatable bonds is 7. The smallest absolute Gasteiger partial charge is 0.227 e. The Morgan fingerprint density at radius 2 is 1.96 bits per heavy atom. The zero-order valence-electron chi connectivity index (χ0n) is 15.9. The molecule has 1 amide bonds. The van der Waals surface area contributed by atoms with Crippen molar-refractivity contribution in [2.75, 3.05) is 26.2 Å². The monoisotopic (exact) mass is 371 g/mol. The number of aromatic nitrogens is 1. The molecule has 1 aromatic heterocycles. The van der Waals surface area contributed by atoms with Crippen LogP contribution in [-0.4, -0.2) is 46.9 Å². The summed E-state index contributed by atoms with van der Waals surface area (Å²) in [5.41, 5.74) is 3.52. The van der Waals surface area contributed by atoms with Crippen LogP contribution in [0.2, 0.25) is 0 Å². The average Bonchev–Trinajstić information content (AvgIpc) is 3.10. The standard InChI is InChI=1S/C21H29N3OS/c1-3-4-9-20-22-19(16-26-20)15-23-10-12-24(13-11-23)21(25)14-18-8-6-5-7-17(18)2/h5-8,16H,3-4,9-15H2,1-2H3. The Hall–Kier alpha value is -1.72. The van der Waals surface area contributed by atoms with Crippen molar-refractivity contribution < 1.29 is 4.79 Å². The number of carbonyl (C=O) groups excluding carboxylic acids is 1. The van der Waals surface area contributed by atoms with E-state index < -0.39 is 0 Å². The molecule has 1 aliphatic rings. The van der Waals surface area contributed by atoms with Gasteiger partial charge in [0, 0.05) is 38.1 Å². The summed E-state index contributed by atoms with van der Waals surface area (Å²) in [7, 11) is 0. The minimum absolute atomic E-state index is 0.245. The number of piperazine rings is 1. The van der Waals surface area contributed by atoms with Crippen LogP contribution in [0.3, 0.4) is 0 Å². The maximum Gasteiger partial charge on any atom is 0.227 e. The van der Waals surface area contributed by atoms with Gasteiger partial charge in [0.15, 0.2) is 0 Å². The van der Waals surface area contributed by atoms with Crippen molar-refractivity contribution in [1.29, 1.82) is 0 Å². The summed E-state index contributed by atoms with van der Waals surface area (Å²) in [6, 6.07) is 8.16. The van der Waals surface area contributed by atoms with Gasteiger partial charge in [-0.2, -0.15) is 0 Å². The summed E-state index contributed by atoms with van der Waals surface area (Å²) in [6.07, 6.45) is 4.05. The van der Waals surface area contributed by atoms with Gasteiger partial charge in [0.2, 0.25) is 5.91 Å². The number of aryl methyl sites for hydroxylation is 2. The number of nitrogens with zero attached hydrogens (tertiary/aromatic N) is 3. The van der Waals surface area contributed by atoms with Crippen LogP contribution in [0.5, 0.6) is 0 Å². The van der Waals surface area contributed by atoms with Gasteiger partial charge in [0.1, 0.15) is 0 Å². The van der Waals surface area contributed by atoms with Gasteiger partial charge in [0.25, 0.3) is 0 Å². The number of carbonyl (C=O) groups is 1. The van der Waals surface area contributed by atoms with E-state index in [1.54, 1.807) is 11.3 Å². The van der Waals surface area contributed by atoms with Gasteiger partial charge in [-0.15, -0.1) is 11.3 Å². The molecule has 5 heteroatoms. The number of hydrogen-bond donors (Lipinski definition) is 0. The Labute approximate surface area is 160 Å². The number of hydrogen-bond acceptors (Lipinski definition) is 4. The third kappa shape index (κ3) is 5.15. The number of benzene rings is 1. The molecule has 1 fully saturated rings. The lowest BCUT2D eigenvalue weighted by atomic mass is 10.1. The molecule has 0 radical (unpaired) electrons. The summed E-state index contributed by atoms with van der Waals surface area (Å²) in [5.74, 6) is 0.245. The molecule has 26 heavy (non-hydrogen) atoms. The third-order valence-electron chi connectivity index (χ3n) is 5.06. The highest BCUT2D eigenvalue weighted by atomic mass is 32.1. The van der Waals surface area contributed by atoms with Crippen molar-refractivity contribution in [3.63, 3.8) is 0 Å². The minimum Gasteiger partial charge on any atom is -0.340 e. The Morgan fingerprint density at radius 3 is 2.69 bits per heavy atom. The zero-order valence-corrected chi connectivity index (χ0v) is 16.7. The van der Waals surface area contributed by atoms with E-state index in [9.17, 15) is 4.79 Å². The lowest BCUT2D eigenvalue weighted by Crippen LogP contribution is -2.48. The molecular formula is C21H29N3OS. The van der Waals surface area contributed by atoms with Crippen molar-refractivity contribution in [3.8, 4) is 0 Å². The molecule has 0 bridgehead atoms. The average molecular weight is 372 g/mol. The van der Waals surface area contributed by atoms with Gasteiger partial charge < -0.3 is 4.90 Å². The summed E-state index contributed by atoms with van der Waals surface area (Å²) >= 11 is 1.78. The van der Waals surface area contributed by atoms with E-state index >= 15 is 0 Å². The highest BCUT2D eigenvalue weighted by Gasteiger charge is 2.22. The van der Waals surface area contributed by atoms with Crippen molar-refractivity contribution in [3.05, 3.63) is 51.5 Å². The zero-order chi connectivity index (χ0) is 18.4. The summed E-state index contributed by atoms with van der Waals surface area (Å²) in [4.78, 5) is 21.8. The Morgan fingerprint density at radius 1 is 1.19 bits per heavy atom. The quantitative estimate of drug-likeness (QED) is 0.745. The van der Waals surface area contributed by atoms with E-state index in [4.69, 9.17) is 4.98 Å². The molecule has 0 unspecified atom stereocenters. The van der Waals surface area contributed by atoms with Crippen molar-refractivity contribution in [1.82, 2.24) is 14.8 Å². The van der Waals surface area contributed by atoms with E-state index in [0.717, 1.165) is 44.7 Å². The Kier molecular flexibility index (Phi) is 6.80. The fraction of sp³-hybridized carbons (Fsp3) is 0.524. The first-order chi connectivity index (χ1) is 12.7. The van der Waals surface area contributed by atoms with Crippen LogP contribution in [0.1, 0.15) is 41.6 Å². The summed E-state index contributed by atoms with van der Waals surface area (Å²) < 4.78 is 0. The van der Waals surface area contributed by atoms with Gasteiger partial charge in [-0.25, -0.2) is 4.98 Å². The van der Waals surface area contributed by atoms with Crippen LogP contribution in [0.25, 0.3) is 0 Å². The Bertz CT molecular complexity index is 720. The lowest BCUT2D eigenvalue weighted by molar-refractivity contribution is -0.132. The predicted octanol–water partition coefficient (Wildman–Crippen LogP) is 3.68. The molecule has 0 aliphatic carbocycles. The number of unbranched alkanes of at least 4 members (excludes halogenated alkanes) is 1. The molecule has 1 aromatic carbocycles. The molecule has 0 N–H and O–H groups in total. The predicted molar refractivity (Wildman–Crippen MR) is 107 cm³/mol. The van der Waals surface area contributed by atoms with Crippen LogP contribution in [0.4, 0.5) is 0 Å². The molecule has 2 aromatic rings. The largest absolute Gasteiger partial charge is 0.340 e.